The second kappa shape index (κ2) is 7.82. The summed E-state index contributed by atoms with van der Waals surface area (Å²) in [7, 11) is 0. The van der Waals surface area contributed by atoms with Crippen LogP contribution in [0.25, 0.3) is 10.2 Å². The van der Waals surface area contributed by atoms with E-state index < -0.39 is 6.10 Å². The number of ether oxygens (including phenoxy) is 1. The highest BCUT2D eigenvalue weighted by Crippen LogP contribution is 2.27. The normalized spacial score (nSPS) is 15.8. The highest BCUT2D eigenvalue weighted by Gasteiger charge is 2.27. The van der Waals surface area contributed by atoms with E-state index in [4.69, 9.17) is 4.74 Å². The van der Waals surface area contributed by atoms with Gasteiger partial charge in [-0.05, 0) is 42.6 Å². The van der Waals surface area contributed by atoms with Crippen LogP contribution in [0.4, 0.5) is 5.82 Å². The van der Waals surface area contributed by atoms with Crippen molar-refractivity contribution in [1.29, 1.82) is 0 Å². The van der Waals surface area contributed by atoms with Crippen LogP contribution in [0.5, 0.6) is 5.75 Å². The Bertz CT molecular complexity index is 938. The van der Waals surface area contributed by atoms with Crippen LogP contribution in [-0.2, 0) is 4.79 Å². The summed E-state index contributed by atoms with van der Waals surface area (Å²) in [6.45, 7) is 4.61. The third-order valence-electron chi connectivity index (χ3n) is 4.61. The lowest BCUT2D eigenvalue weighted by Crippen LogP contribution is -2.52. The second-order valence-electron chi connectivity index (χ2n) is 6.36. The molecule has 6 nitrogen and oxygen atoms in total. The zero-order valence-electron chi connectivity index (χ0n) is 14.8. The Kier molecular flexibility index (Phi) is 5.27. The molecule has 1 aliphatic rings. The molecule has 0 aliphatic carbocycles. The molecule has 0 N–H and O–H groups in total. The largest absolute Gasteiger partial charge is 0.481 e. The maximum Gasteiger partial charge on any atom is 0.263 e. The number of fused-ring (bicyclic) bond motifs is 1. The van der Waals surface area contributed by atoms with E-state index in [1.54, 1.807) is 24.6 Å². The summed E-state index contributed by atoms with van der Waals surface area (Å²) in [4.78, 5) is 26.6. The summed E-state index contributed by atoms with van der Waals surface area (Å²) in [5.41, 5.74) is 0. The molecule has 1 saturated heterocycles. The number of aromatic nitrogens is 2. The third kappa shape index (κ3) is 3.91. The maximum absolute atomic E-state index is 12.7. The van der Waals surface area contributed by atoms with Gasteiger partial charge in [-0.1, -0.05) is 15.9 Å². The first-order valence-electron chi connectivity index (χ1n) is 8.76. The Morgan fingerprint density at radius 2 is 1.89 bits per heavy atom. The summed E-state index contributed by atoms with van der Waals surface area (Å²) in [5.74, 6) is 1.66. The number of hydrogen-bond acceptors (Lipinski definition) is 6. The van der Waals surface area contributed by atoms with Gasteiger partial charge in [-0.2, -0.15) is 0 Å². The van der Waals surface area contributed by atoms with Gasteiger partial charge in [-0.3, -0.25) is 4.79 Å². The Morgan fingerprint density at radius 1 is 1.15 bits per heavy atom. The van der Waals surface area contributed by atoms with Crippen molar-refractivity contribution in [1.82, 2.24) is 14.9 Å². The van der Waals surface area contributed by atoms with Gasteiger partial charge >= 0.3 is 0 Å². The molecule has 1 unspecified atom stereocenters. The Balaban J connectivity index is 1.37. The number of hydrogen-bond donors (Lipinski definition) is 0. The van der Waals surface area contributed by atoms with Crippen LogP contribution < -0.4 is 9.64 Å². The number of halogens is 1. The van der Waals surface area contributed by atoms with Crippen molar-refractivity contribution in [3.05, 3.63) is 46.5 Å². The van der Waals surface area contributed by atoms with Crippen molar-refractivity contribution in [2.75, 3.05) is 31.1 Å². The van der Waals surface area contributed by atoms with E-state index in [1.165, 1.54) is 0 Å². The predicted molar refractivity (Wildman–Crippen MR) is 110 cm³/mol. The Labute approximate surface area is 169 Å². The first-order valence-corrected chi connectivity index (χ1v) is 10.4. The number of rotatable bonds is 4. The maximum atomic E-state index is 12.7. The summed E-state index contributed by atoms with van der Waals surface area (Å²) in [5, 5.41) is 3.11. The fourth-order valence-electron chi connectivity index (χ4n) is 3.19. The molecule has 1 aliphatic heterocycles. The minimum absolute atomic E-state index is 0.0148. The van der Waals surface area contributed by atoms with Gasteiger partial charge in [0, 0.05) is 30.7 Å². The SMILES string of the molecule is CC(Oc1ccc(Br)cc1)C(=O)N1CCN(c2ncnc3sccc23)CC1. The zero-order chi connectivity index (χ0) is 18.8. The molecule has 27 heavy (non-hydrogen) atoms. The number of amides is 1. The summed E-state index contributed by atoms with van der Waals surface area (Å²) < 4.78 is 6.78. The van der Waals surface area contributed by atoms with Gasteiger partial charge in [0.05, 0.1) is 5.39 Å². The van der Waals surface area contributed by atoms with Crippen LogP contribution in [0.1, 0.15) is 6.92 Å². The molecule has 4 rings (SSSR count). The van der Waals surface area contributed by atoms with Gasteiger partial charge in [0.15, 0.2) is 6.10 Å². The van der Waals surface area contributed by atoms with Gasteiger partial charge < -0.3 is 14.5 Å². The highest BCUT2D eigenvalue weighted by molar-refractivity contribution is 9.10. The molecular formula is C19H19BrN4O2S. The molecule has 1 atom stereocenters. The molecule has 0 saturated carbocycles. The third-order valence-corrected chi connectivity index (χ3v) is 5.96. The molecule has 0 spiro atoms. The monoisotopic (exact) mass is 446 g/mol. The molecule has 0 bridgehead atoms. The molecule has 2 aromatic heterocycles. The first kappa shape index (κ1) is 18.2. The van der Waals surface area contributed by atoms with Crippen molar-refractivity contribution >= 4 is 49.2 Å². The van der Waals surface area contributed by atoms with E-state index in [1.807, 2.05) is 34.5 Å². The van der Waals surface area contributed by atoms with Crippen LogP contribution in [0.15, 0.2) is 46.5 Å². The second-order valence-corrected chi connectivity index (χ2v) is 8.17. The minimum atomic E-state index is -0.514. The van der Waals surface area contributed by atoms with E-state index in [0.29, 0.717) is 18.8 Å². The fourth-order valence-corrected chi connectivity index (χ4v) is 4.18. The molecule has 1 amide bonds. The Morgan fingerprint density at radius 3 is 2.63 bits per heavy atom. The molecule has 0 radical (unpaired) electrons. The summed E-state index contributed by atoms with van der Waals surface area (Å²) in [6.07, 6.45) is 1.10. The van der Waals surface area contributed by atoms with Crippen LogP contribution in [0.2, 0.25) is 0 Å². The fraction of sp³-hybridized carbons (Fsp3) is 0.316. The minimum Gasteiger partial charge on any atom is -0.481 e. The number of anilines is 1. The molecule has 1 fully saturated rings. The van der Waals surface area contributed by atoms with Crippen molar-refractivity contribution in [2.45, 2.75) is 13.0 Å². The smallest absolute Gasteiger partial charge is 0.263 e. The lowest BCUT2D eigenvalue weighted by Gasteiger charge is -2.36. The van der Waals surface area contributed by atoms with Crippen LogP contribution >= 0.6 is 27.3 Å². The molecule has 3 heterocycles. The van der Waals surface area contributed by atoms with Crippen molar-refractivity contribution in [3.8, 4) is 5.75 Å². The van der Waals surface area contributed by atoms with Crippen molar-refractivity contribution in [3.63, 3.8) is 0 Å². The number of carbonyl (C=O) groups excluding carboxylic acids is 1. The lowest BCUT2D eigenvalue weighted by atomic mass is 10.2. The van der Waals surface area contributed by atoms with E-state index >= 15 is 0 Å². The van der Waals surface area contributed by atoms with E-state index in [0.717, 1.165) is 33.6 Å². The number of benzene rings is 1. The number of carbonyl (C=O) groups is 1. The average molecular weight is 447 g/mol. The van der Waals surface area contributed by atoms with Crippen LogP contribution in [-0.4, -0.2) is 53.1 Å². The summed E-state index contributed by atoms with van der Waals surface area (Å²) in [6, 6.07) is 9.57. The molecule has 8 heteroatoms. The summed E-state index contributed by atoms with van der Waals surface area (Å²) >= 11 is 5.01. The average Bonchev–Trinajstić information content (AvgIpc) is 3.18. The number of nitrogens with zero attached hydrogens (tertiary/aromatic N) is 4. The van der Waals surface area contributed by atoms with E-state index in [2.05, 4.69) is 36.9 Å². The zero-order valence-corrected chi connectivity index (χ0v) is 17.2. The highest BCUT2D eigenvalue weighted by atomic mass is 79.9. The molecular weight excluding hydrogens is 428 g/mol. The number of thiophene rings is 1. The topological polar surface area (TPSA) is 58.6 Å². The van der Waals surface area contributed by atoms with Crippen molar-refractivity contribution in [2.24, 2.45) is 0 Å². The van der Waals surface area contributed by atoms with Gasteiger partial charge in [-0.15, -0.1) is 11.3 Å². The van der Waals surface area contributed by atoms with Gasteiger partial charge in [0.2, 0.25) is 0 Å². The van der Waals surface area contributed by atoms with Crippen molar-refractivity contribution < 1.29 is 9.53 Å². The van der Waals surface area contributed by atoms with Crippen LogP contribution in [0.3, 0.4) is 0 Å². The quantitative estimate of drug-likeness (QED) is 0.612. The van der Waals surface area contributed by atoms with E-state index in [-0.39, 0.29) is 5.91 Å². The van der Waals surface area contributed by atoms with Gasteiger partial charge in [0.1, 0.15) is 22.7 Å². The Hall–Kier alpha value is -2.19. The van der Waals surface area contributed by atoms with Gasteiger partial charge in [-0.25, -0.2) is 9.97 Å². The van der Waals surface area contributed by atoms with Crippen LogP contribution in [0, 0.1) is 0 Å². The standard InChI is InChI=1S/C19H19BrN4O2S/c1-13(26-15-4-2-14(20)3-5-15)19(25)24-9-7-23(8-10-24)17-16-6-11-27-18(16)22-12-21-17/h2-6,11-13H,7-10H2,1H3. The predicted octanol–water partition coefficient (Wildman–Crippen LogP) is 3.57. The van der Waals surface area contributed by atoms with Gasteiger partial charge in [0.25, 0.3) is 5.91 Å². The molecule has 140 valence electrons. The lowest BCUT2D eigenvalue weighted by molar-refractivity contribution is -0.138. The molecule has 1 aromatic carbocycles. The van der Waals surface area contributed by atoms with E-state index in [9.17, 15) is 4.79 Å². The first-order chi connectivity index (χ1) is 13.1. The number of piperazine rings is 1. The molecule has 3 aromatic rings.